The third kappa shape index (κ3) is 4.63. The van der Waals surface area contributed by atoms with Crippen LogP contribution >= 0.6 is 0 Å². The first kappa shape index (κ1) is 18.1. The first-order valence-electron chi connectivity index (χ1n) is 7.98. The maximum atomic E-state index is 9.03. The Morgan fingerprint density at radius 2 is 1.67 bits per heavy atom. The lowest BCUT2D eigenvalue weighted by Gasteiger charge is -2.20. The Bertz CT molecular complexity index is 631. The summed E-state index contributed by atoms with van der Waals surface area (Å²) in [4.78, 5) is 0. The Balaban J connectivity index is 2.27. The number of benzene rings is 2. The molecular formula is C19H25NO4. The largest absolute Gasteiger partial charge is 0.493 e. The van der Waals surface area contributed by atoms with Crippen molar-refractivity contribution in [1.82, 2.24) is 0 Å². The average Bonchev–Trinajstić information content (AvgIpc) is 2.64. The minimum Gasteiger partial charge on any atom is -0.493 e. The van der Waals surface area contributed by atoms with Crippen molar-refractivity contribution in [3.63, 3.8) is 0 Å². The number of nitrogens with two attached hydrogens (primary N) is 1. The van der Waals surface area contributed by atoms with Gasteiger partial charge in [-0.2, -0.15) is 0 Å². The lowest BCUT2D eigenvalue weighted by atomic mass is 10.0. The summed E-state index contributed by atoms with van der Waals surface area (Å²) in [6.45, 7) is 0.553. The van der Waals surface area contributed by atoms with Gasteiger partial charge in [0.15, 0.2) is 11.5 Å². The topological polar surface area (TPSA) is 73.9 Å². The molecule has 1 atom stereocenters. The monoisotopic (exact) mass is 331 g/mol. The zero-order valence-electron chi connectivity index (χ0n) is 14.2. The molecule has 0 saturated heterocycles. The van der Waals surface area contributed by atoms with Crippen LogP contribution in [0.25, 0.3) is 0 Å². The molecule has 0 bridgehead atoms. The van der Waals surface area contributed by atoms with Crippen molar-refractivity contribution < 1.29 is 19.3 Å². The normalized spacial score (nSPS) is 11.8. The fourth-order valence-corrected chi connectivity index (χ4v) is 2.49. The minimum atomic E-state index is -0.247. The van der Waals surface area contributed by atoms with Crippen LogP contribution in [0.3, 0.4) is 0 Å². The zero-order valence-corrected chi connectivity index (χ0v) is 14.2. The predicted octanol–water partition coefficient (Wildman–Crippen LogP) is 3.06. The van der Waals surface area contributed by atoms with Gasteiger partial charge in [0.05, 0.1) is 14.2 Å². The smallest absolute Gasteiger partial charge is 0.164 e. The van der Waals surface area contributed by atoms with E-state index in [1.165, 1.54) is 0 Å². The second-order valence-corrected chi connectivity index (χ2v) is 5.49. The maximum absolute atomic E-state index is 9.03. The quantitative estimate of drug-likeness (QED) is 0.739. The Labute approximate surface area is 143 Å². The summed E-state index contributed by atoms with van der Waals surface area (Å²) >= 11 is 0. The van der Waals surface area contributed by atoms with Crippen LogP contribution in [0.4, 0.5) is 0 Å². The van der Waals surface area contributed by atoms with Crippen LogP contribution in [-0.2, 0) is 6.61 Å². The van der Waals surface area contributed by atoms with Crippen molar-refractivity contribution >= 4 is 0 Å². The molecular weight excluding hydrogens is 306 g/mol. The maximum Gasteiger partial charge on any atom is 0.164 e. The van der Waals surface area contributed by atoms with Crippen LogP contribution in [0.1, 0.15) is 30.0 Å². The van der Waals surface area contributed by atoms with E-state index in [0.717, 1.165) is 11.1 Å². The van der Waals surface area contributed by atoms with Crippen LogP contribution < -0.4 is 19.9 Å². The third-order valence-electron chi connectivity index (χ3n) is 3.83. The summed E-state index contributed by atoms with van der Waals surface area (Å²) in [5.74, 6) is 1.87. The van der Waals surface area contributed by atoms with Gasteiger partial charge in [0.2, 0.25) is 0 Å². The highest BCUT2D eigenvalue weighted by Gasteiger charge is 2.17. The van der Waals surface area contributed by atoms with Gasteiger partial charge in [-0.05, 0) is 24.5 Å². The van der Waals surface area contributed by atoms with Crippen molar-refractivity contribution in [3.8, 4) is 17.2 Å². The number of ether oxygens (including phenoxy) is 3. The molecule has 0 aromatic heterocycles. The van der Waals surface area contributed by atoms with Crippen LogP contribution in [0.5, 0.6) is 17.2 Å². The van der Waals surface area contributed by atoms with Gasteiger partial charge >= 0.3 is 0 Å². The molecule has 0 aliphatic rings. The van der Waals surface area contributed by atoms with Gasteiger partial charge in [0, 0.05) is 24.3 Å². The molecule has 3 N–H and O–H groups in total. The third-order valence-corrected chi connectivity index (χ3v) is 3.83. The van der Waals surface area contributed by atoms with E-state index >= 15 is 0 Å². The number of hydrogen-bond donors (Lipinski definition) is 2. The highest BCUT2D eigenvalue weighted by molar-refractivity contribution is 5.51. The van der Waals surface area contributed by atoms with Gasteiger partial charge in [-0.25, -0.2) is 0 Å². The molecule has 0 spiro atoms. The number of aliphatic hydroxyl groups excluding tert-OH is 1. The van der Waals surface area contributed by atoms with Crippen molar-refractivity contribution in [2.45, 2.75) is 25.5 Å². The first-order chi connectivity index (χ1) is 11.7. The van der Waals surface area contributed by atoms with Gasteiger partial charge in [-0.15, -0.1) is 0 Å². The summed E-state index contributed by atoms with van der Waals surface area (Å²) in [5.41, 5.74) is 8.19. The van der Waals surface area contributed by atoms with Gasteiger partial charge in [0.1, 0.15) is 12.4 Å². The van der Waals surface area contributed by atoms with E-state index in [0.29, 0.717) is 36.7 Å². The molecule has 130 valence electrons. The van der Waals surface area contributed by atoms with Crippen LogP contribution in [0.2, 0.25) is 0 Å². The summed E-state index contributed by atoms with van der Waals surface area (Å²) < 4.78 is 16.7. The number of methoxy groups -OCH3 is 2. The summed E-state index contributed by atoms with van der Waals surface area (Å²) in [7, 11) is 3.18. The molecule has 0 fully saturated rings. The molecule has 0 radical (unpaired) electrons. The fraction of sp³-hybridized carbons (Fsp3) is 0.368. The molecule has 0 unspecified atom stereocenters. The highest BCUT2D eigenvalue weighted by atomic mass is 16.5. The van der Waals surface area contributed by atoms with Crippen LogP contribution in [0, 0.1) is 0 Å². The molecule has 0 amide bonds. The van der Waals surface area contributed by atoms with E-state index in [-0.39, 0.29) is 12.6 Å². The Kier molecular flexibility index (Phi) is 6.90. The molecule has 0 saturated carbocycles. The Hall–Kier alpha value is -2.24. The molecule has 2 aromatic carbocycles. The molecule has 24 heavy (non-hydrogen) atoms. The summed E-state index contributed by atoms with van der Waals surface area (Å²) in [6.07, 6.45) is 1.29. The lowest BCUT2D eigenvalue weighted by molar-refractivity contribution is 0.275. The van der Waals surface area contributed by atoms with Crippen LogP contribution in [-0.4, -0.2) is 25.9 Å². The van der Waals surface area contributed by atoms with E-state index in [1.807, 2.05) is 36.4 Å². The molecule has 2 rings (SSSR count). The number of hydrogen-bond acceptors (Lipinski definition) is 5. The summed E-state index contributed by atoms with van der Waals surface area (Å²) in [6, 6.07) is 13.3. The molecule has 5 nitrogen and oxygen atoms in total. The van der Waals surface area contributed by atoms with E-state index in [2.05, 4.69) is 0 Å². The van der Waals surface area contributed by atoms with E-state index in [9.17, 15) is 0 Å². The Morgan fingerprint density at radius 3 is 2.29 bits per heavy atom. The zero-order chi connectivity index (χ0) is 17.4. The Morgan fingerprint density at radius 1 is 1.00 bits per heavy atom. The first-order valence-corrected chi connectivity index (χ1v) is 7.98. The molecule has 0 aliphatic heterocycles. The number of rotatable bonds is 9. The van der Waals surface area contributed by atoms with Gasteiger partial charge in [0.25, 0.3) is 0 Å². The molecule has 2 aromatic rings. The van der Waals surface area contributed by atoms with Gasteiger partial charge in [-0.3, -0.25) is 0 Å². The van der Waals surface area contributed by atoms with E-state index < -0.39 is 0 Å². The van der Waals surface area contributed by atoms with Crippen LogP contribution in [0.15, 0.2) is 42.5 Å². The van der Waals surface area contributed by atoms with Gasteiger partial charge < -0.3 is 25.1 Å². The summed E-state index contributed by atoms with van der Waals surface area (Å²) in [5, 5.41) is 9.03. The minimum absolute atomic E-state index is 0.112. The van der Waals surface area contributed by atoms with Gasteiger partial charge in [-0.1, -0.05) is 30.3 Å². The number of aliphatic hydroxyl groups is 1. The SMILES string of the molecule is COc1cc(OCc2ccccc2)c([C@H](N)CCCO)cc1OC. The van der Waals surface area contributed by atoms with E-state index in [4.69, 9.17) is 25.1 Å². The van der Waals surface area contributed by atoms with Crippen molar-refractivity contribution in [2.24, 2.45) is 5.73 Å². The van der Waals surface area contributed by atoms with Crippen molar-refractivity contribution in [3.05, 3.63) is 53.6 Å². The van der Waals surface area contributed by atoms with Crippen molar-refractivity contribution in [1.29, 1.82) is 0 Å². The second kappa shape index (κ2) is 9.15. The second-order valence-electron chi connectivity index (χ2n) is 5.49. The predicted molar refractivity (Wildman–Crippen MR) is 93.6 cm³/mol. The average molecular weight is 331 g/mol. The molecule has 0 aliphatic carbocycles. The highest BCUT2D eigenvalue weighted by Crippen LogP contribution is 2.38. The van der Waals surface area contributed by atoms with Crippen molar-refractivity contribution in [2.75, 3.05) is 20.8 Å². The standard InChI is InChI=1S/C19H25NO4/c1-22-18-11-15(16(20)9-6-10-21)17(12-19(18)23-2)24-13-14-7-4-3-5-8-14/h3-5,7-8,11-12,16,21H,6,9-10,13,20H2,1-2H3/t16-/m1/s1. The lowest BCUT2D eigenvalue weighted by Crippen LogP contribution is -2.13. The van der Waals surface area contributed by atoms with E-state index in [1.54, 1.807) is 20.3 Å². The fourth-order valence-electron chi connectivity index (χ4n) is 2.49. The molecule has 5 heteroatoms. The molecule has 0 heterocycles.